The van der Waals surface area contributed by atoms with Gasteiger partial charge in [-0.25, -0.2) is 14.5 Å². The Kier molecular flexibility index (Phi) is 8.45. The molecule has 5 rings (SSSR count). The fraction of sp³-hybridized carbons (Fsp3) is 0.138. The van der Waals surface area contributed by atoms with E-state index in [4.69, 9.17) is 23.2 Å². The van der Waals surface area contributed by atoms with Crippen molar-refractivity contribution in [3.05, 3.63) is 111 Å². The van der Waals surface area contributed by atoms with E-state index in [9.17, 15) is 20.4 Å². The number of nitrogens with one attached hydrogen (secondary N) is 2. The first kappa shape index (κ1) is 29.7. The van der Waals surface area contributed by atoms with E-state index in [0.717, 1.165) is 0 Å². The maximum Gasteiger partial charge on any atom is 0.411 e. The van der Waals surface area contributed by atoms with E-state index >= 15 is 0 Å². The van der Waals surface area contributed by atoms with E-state index in [2.05, 4.69) is 36.9 Å². The number of methoxy groups -OCH3 is 1. The second kappa shape index (κ2) is 12.2. The number of amides is 1. The Balaban J connectivity index is 1.45. The highest BCUT2D eigenvalue weighted by Gasteiger charge is 2.42. The molecular formula is C29H24Cl2N8O4. The number of nitrogens with two attached hydrogens (primary N) is 1. The molecule has 12 nitrogen and oxygen atoms in total. The summed E-state index contributed by atoms with van der Waals surface area (Å²) in [4.78, 5) is 19.1. The molecular weight excluding hydrogens is 595 g/mol. The van der Waals surface area contributed by atoms with Crippen molar-refractivity contribution in [2.75, 3.05) is 12.4 Å². The minimum Gasteiger partial charge on any atom is -0.631 e. The van der Waals surface area contributed by atoms with Gasteiger partial charge < -0.3 is 25.5 Å². The number of hydrogen-bond donors (Lipinski definition) is 4. The largest absolute Gasteiger partial charge is 0.631 e. The van der Waals surface area contributed by atoms with Crippen molar-refractivity contribution in [1.82, 2.24) is 25.0 Å². The number of carbonyl (C=O) groups excluding carboxylic acids is 1. The number of quaternary nitrogens is 1. The van der Waals surface area contributed by atoms with Crippen LogP contribution in [0.3, 0.4) is 0 Å². The predicted molar refractivity (Wildman–Crippen MR) is 160 cm³/mol. The zero-order valence-electron chi connectivity index (χ0n) is 22.6. The summed E-state index contributed by atoms with van der Waals surface area (Å²) in [5.74, 6) is 0.278. The fourth-order valence-corrected chi connectivity index (χ4v) is 5.26. The van der Waals surface area contributed by atoms with Crippen molar-refractivity contribution in [2.45, 2.75) is 18.4 Å². The Morgan fingerprint density at radius 2 is 2.16 bits per heavy atom. The summed E-state index contributed by atoms with van der Waals surface area (Å²) in [6.45, 7) is 4.17. The molecule has 0 aliphatic heterocycles. The lowest BCUT2D eigenvalue weighted by molar-refractivity contribution is -0.513. The van der Waals surface area contributed by atoms with Crippen molar-refractivity contribution < 1.29 is 20.1 Å². The third-order valence-corrected chi connectivity index (χ3v) is 7.55. The van der Waals surface area contributed by atoms with Gasteiger partial charge in [-0.15, -0.1) is 5.10 Å². The van der Waals surface area contributed by atoms with Crippen LogP contribution in [0.5, 0.6) is 0 Å². The molecule has 14 heteroatoms. The average Bonchev–Trinajstić information content (AvgIpc) is 3.74. The molecule has 2 aromatic carbocycles. The lowest BCUT2D eigenvalue weighted by atomic mass is 9.94. The number of hydrogen-bond acceptors (Lipinski definition) is 8. The van der Waals surface area contributed by atoms with Crippen LogP contribution in [0.25, 0.3) is 22.5 Å². The summed E-state index contributed by atoms with van der Waals surface area (Å²) in [6.07, 6.45) is 6.26. The number of benzene rings is 2. The zero-order chi connectivity index (χ0) is 30.7. The van der Waals surface area contributed by atoms with Gasteiger partial charge in [0.1, 0.15) is 23.7 Å². The lowest BCUT2D eigenvalue weighted by Crippen LogP contribution is -2.70. The van der Waals surface area contributed by atoms with Crippen LogP contribution >= 0.6 is 23.2 Å². The number of rotatable bonds is 7. The molecule has 1 aliphatic rings. The van der Waals surface area contributed by atoms with E-state index in [1.54, 1.807) is 48.7 Å². The summed E-state index contributed by atoms with van der Waals surface area (Å²) in [5, 5.41) is 43.8. The minimum atomic E-state index is -1.51. The molecule has 0 saturated heterocycles. The maximum atomic E-state index is 11.7. The molecule has 1 amide bonds. The van der Waals surface area contributed by atoms with Crippen LogP contribution in [-0.4, -0.2) is 43.3 Å². The van der Waals surface area contributed by atoms with Gasteiger partial charge in [-0.1, -0.05) is 35.0 Å². The number of halogens is 2. The van der Waals surface area contributed by atoms with Gasteiger partial charge >= 0.3 is 6.09 Å². The van der Waals surface area contributed by atoms with Gasteiger partial charge in [-0.2, -0.15) is 5.26 Å². The normalized spacial score (nSPS) is 17.7. The fourth-order valence-electron chi connectivity index (χ4n) is 4.80. The number of ether oxygens (including phenoxy) is 1. The molecule has 1 unspecified atom stereocenters. The zero-order valence-corrected chi connectivity index (χ0v) is 24.1. The number of nitrogens with zero attached hydrogens (tertiary/aromatic N) is 5. The Hall–Kier alpha value is -4.77. The van der Waals surface area contributed by atoms with Crippen LogP contribution in [-0.2, 0) is 10.3 Å². The van der Waals surface area contributed by atoms with Gasteiger partial charge in [0.15, 0.2) is 5.69 Å². The number of H-pyrrole nitrogens is 1. The Bertz CT molecular complexity index is 1840. The van der Waals surface area contributed by atoms with Crippen molar-refractivity contribution in [3.63, 3.8) is 0 Å². The number of aliphatic hydroxyl groups is 1. The van der Waals surface area contributed by atoms with Crippen molar-refractivity contribution in [1.29, 1.82) is 5.26 Å². The molecule has 0 bridgehead atoms. The molecule has 43 heavy (non-hydrogen) atoms. The van der Waals surface area contributed by atoms with Crippen LogP contribution in [0.1, 0.15) is 29.9 Å². The van der Waals surface area contributed by atoms with E-state index in [0.29, 0.717) is 66.9 Å². The second-order valence-electron chi connectivity index (χ2n) is 9.54. The van der Waals surface area contributed by atoms with Crippen LogP contribution in [0, 0.1) is 16.5 Å². The molecule has 0 radical (unpaired) electrons. The highest BCUT2D eigenvalue weighted by atomic mass is 35.5. The quantitative estimate of drug-likeness (QED) is 0.217. The van der Waals surface area contributed by atoms with E-state index in [-0.39, 0.29) is 17.9 Å². The smallest absolute Gasteiger partial charge is 0.411 e. The standard InChI is InChI=1S/C29H24Cl2N8O4/c1-16-17(9-18(13-34-42)23-10-19(30)3-6-26(23)39-15-21(12-32)37-38-39)7-8-29(16,41)27-33-14-25(36-27)22-5-4-20(11-24(22)31)35-28(40)43-2/h3-6,9-11,13-15,41H,1,7-8,34H2,2H3,(H,33,36)(H,35,40)/b17-9-,18-13+. The summed E-state index contributed by atoms with van der Waals surface area (Å²) >= 11 is 12.8. The van der Waals surface area contributed by atoms with E-state index in [1.807, 2.05) is 6.07 Å². The van der Waals surface area contributed by atoms with Gasteiger partial charge in [0.25, 0.3) is 0 Å². The first-order chi connectivity index (χ1) is 20.7. The molecule has 218 valence electrons. The summed E-state index contributed by atoms with van der Waals surface area (Å²) in [6, 6.07) is 11.9. The molecule has 2 aromatic heterocycles. The molecule has 1 fully saturated rings. The average molecular weight is 619 g/mol. The number of allylic oxidation sites excluding steroid dienone is 2. The molecule has 4 aromatic rings. The summed E-state index contributed by atoms with van der Waals surface area (Å²) in [7, 11) is 1.26. The predicted octanol–water partition coefficient (Wildman–Crippen LogP) is 4.58. The van der Waals surface area contributed by atoms with Crippen molar-refractivity contribution in [2.24, 2.45) is 0 Å². The molecule has 1 saturated carbocycles. The highest BCUT2D eigenvalue weighted by Crippen LogP contribution is 2.46. The highest BCUT2D eigenvalue weighted by molar-refractivity contribution is 6.33. The second-order valence-corrected chi connectivity index (χ2v) is 10.4. The van der Waals surface area contributed by atoms with E-state index in [1.165, 1.54) is 24.2 Å². The van der Waals surface area contributed by atoms with Crippen LogP contribution in [0.2, 0.25) is 10.0 Å². The van der Waals surface area contributed by atoms with Crippen LogP contribution in [0.4, 0.5) is 10.5 Å². The third-order valence-electron chi connectivity index (χ3n) is 7.00. The number of aromatic amines is 1. The Labute approximate surface area is 255 Å². The van der Waals surface area contributed by atoms with Crippen molar-refractivity contribution >= 4 is 40.6 Å². The number of imidazole rings is 1. The maximum absolute atomic E-state index is 11.7. The molecule has 5 N–H and O–H groups in total. The number of nitriles is 1. The van der Waals surface area contributed by atoms with Gasteiger partial charge in [-0.05, 0) is 66.5 Å². The number of aromatic nitrogens is 5. The SMILES string of the molecule is C=C1/C(=C\C(=C/[NH2+][O-])c2cc(Cl)ccc2-n2cc(C#N)nn2)CCC1(O)c1ncc(-c2ccc(NC(=O)OC)cc2Cl)[nH]1. The Morgan fingerprint density at radius 1 is 1.35 bits per heavy atom. The number of carbonyl (C=O) groups is 1. The minimum absolute atomic E-state index is 0.127. The molecule has 0 spiro atoms. The number of anilines is 1. The van der Waals surface area contributed by atoms with Gasteiger partial charge in [0, 0.05) is 27.4 Å². The topological polar surface area (TPSA) is 181 Å². The van der Waals surface area contributed by atoms with Gasteiger partial charge in [0.05, 0.1) is 35.9 Å². The monoisotopic (exact) mass is 618 g/mol. The first-order valence-corrected chi connectivity index (χ1v) is 13.5. The summed E-state index contributed by atoms with van der Waals surface area (Å²) < 4.78 is 6.03. The number of hydroxylamine groups is 1. The van der Waals surface area contributed by atoms with Gasteiger partial charge in [-0.3, -0.25) is 5.32 Å². The van der Waals surface area contributed by atoms with E-state index < -0.39 is 11.7 Å². The first-order valence-electron chi connectivity index (χ1n) is 12.8. The lowest BCUT2D eigenvalue weighted by Gasteiger charge is -2.21. The summed E-state index contributed by atoms with van der Waals surface area (Å²) in [5.41, 5.74) is 3.59. The van der Waals surface area contributed by atoms with Crippen LogP contribution < -0.4 is 10.8 Å². The molecule has 1 aliphatic carbocycles. The molecule has 2 heterocycles. The van der Waals surface area contributed by atoms with Gasteiger partial charge in [0.2, 0.25) is 0 Å². The van der Waals surface area contributed by atoms with Crippen molar-refractivity contribution in [3.8, 4) is 23.0 Å². The Morgan fingerprint density at radius 3 is 2.86 bits per heavy atom. The third kappa shape index (κ3) is 5.94. The molecule has 1 atom stereocenters. The van der Waals surface area contributed by atoms with Crippen LogP contribution in [0.15, 0.2) is 78.8 Å².